The molecule has 0 aliphatic rings. The molecule has 8 heteroatoms. The molecule has 0 amide bonds. The van der Waals surface area contributed by atoms with Crippen LogP contribution < -0.4 is 10.6 Å². The van der Waals surface area contributed by atoms with E-state index in [0.717, 1.165) is 0 Å². The van der Waals surface area contributed by atoms with Crippen LogP contribution in [0.3, 0.4) is 0 Å². The fraction of sp³-hybridized carbons (Fsp3) is 0.600. The Morgan fingerprint density at radius 3 is 2.67 bits per heavy atom. The summed E-state index contributed by atoms with van der Waals surface area (Å²) in [6, 6.07) is 0. The number of hydrogen-bond acceptors (Lipinski definition) is 7. The fourth-order valence-corrected chi connectivity index (χ4v) is 1.59. The predicted molar refractivity (Wildman–Crippen MR) is 74.4 cm³/mol. The van der Waals surface area contributed by atoms with Crippen LogP contribution in [0.15, 0.2) is 0 Å². The fourth-order valence-electron chi connectivity index (χ4n) is 1.34. The molecular weight excluding hydrogens is 254 g/mol. The van der Waals surface area contributed by atoms with Crippen LogP contribution in [-0.4, -0.2) is 40.0 Å². The topological polar surface area (TPSA) is 93.0 Å². The molecule has 0 bridgehead atoms. The van der Waals surface area contributed by atoms with Crippen molar-refractivity contribution in [2.45, 2.75) is 19.1 Å². The standard InChI is InChI=1S/C10H17N5O2S/c1-6(18-4)5-12-9-8(15(16)17)7(2)13-10(11-3)14-9/h6H,5H2,1-4H3,(H2,11,12,13,14). The second-order valence-electron chi connectivity index (χ2n) is 3.76. The van der Waals surface area contributed by atoms with E-state index in [2.05, 4.69) is 20.6 Å². The van der Waals surface area contributed by atoms with Gasteiger partial charge in [0.2, 0.25) is 11.8 Å². The van der Waals surface area contributed by atoms with E-state index in [-0.39, 0.29) is 11.5 Å². The Morgan fingerprint density at radius 1 is 1.50 bits per heavy atom. The smallest absolute Gasteiger partial charge is 0.332 e. The molecule has 1 atom stereocenters. The molecule has 0 radical (unpaired) electrons. The Labute approximate surface area is 110 Å². The third-order valence-electron chi connectivity index (χ3n) is 2.42. The monoisotopic (exact) mass is 271 g/mol. The van der Waals surface area contributed by atoms with Crippen molar-refractivity contribution >= 4 is 29.2 Å². The van der Waals surface area contributed by atoms with Crippen LogP contribution in [0.25, 0.3) is 0 Å². The van der Waals surface area contributed by atoms with Gasteiger partial charge in [-0.05, 0) is 13.2 Å². The molecule has 1 aromatic heterocycles. The van der Waals surface area contributed by atoms with Crippen molar-refractivity contribution < 1.29 is 4.92 Å². The molecule has 0 fully saturated rings. The highest BCUT2D eigenvalue weighted by Crippen LogP contribution is 2.26. The van der Waals surface area contributed by atoms with Gasteiger partial charge in [0, 0.05) is 18.8 Å². The number of hydrogen-bond donors (Lipinski definition) is 2. The molecule has 0 spiro atoms. The zero-order valence-electron chi connectivity index (χ0n) is 10.9. The van der Waals surface area contributed by atoms with Gasteiger partial charge in [-0.3, -0.25) is 10.1 Å². The molecule has 0 aliphatic carbocycles. The van der Waals surface area contributed by atoms with E-state index in [0.29, 0.717) is 23.4 Å². The molecule has 1 heterocycles. The number of aryl methyl sites for hydroxylation is 1. The molecule has 0 saturated carbocycles. The summed E-state index contributed by atoms with van der Waals surface area (Å²) in [5, 5.41) is 17.2. The maximum atomic E-state index is 11.0. The Hall–Kier alpha value is -1.57. The Balaban J connectivity index is 3.05. The lowest BCUT2D eigenvalue weighted by Gasteiger charge is -2.12. The molecule has 1 unspecified atom stereocenters. The molecule has 2 N–H and O–H groups in total. The minimum Gasteiger partial charge on any atom is -0.363 e. The Bertz CT molecular complexity index is 441. The van der Waals surface area contributed by atoms with Gasteiger partial charge < -0.3 is 10.6 Å². The van der Waals surface area contributed by atoms with Crippen LogP contribution in [0.4, 0.5) is 17.5 Å². The first-order chi connectivity index (χ1) is 8.49. The van der Waals surface area contributed by atoms with Crippen LogP contribution in [0.2, 0.25) is 0 Å². The Kier molecular flexibility index (Phi) is 5.14. The molecule has 0 saturated heterocycles. The summed E-state index contributed by atoms with van der Waals surface area (Å²) in [4.78, 5) is 18.7. The zero-order valence-corrected chi connectivity index (χ0v) is 11.7. The molecule has 0 aromatic carbocycles. The molecule has 1 aromatic rings. The average Bonchev–Trinajstić information content (AvgIpc) is 2.34. The minimum atomic E-state index is -0.457. The van der Waals surface area contributed by atoms with Crippen LogP contribution in [-0.2, 0) is 0 Å². The highest BCUT2D eigenvalue weighted by Gasteiger charge is 2.21. The normalized spacial score (nSPS) is 12.0. The van der Waals surface area contributed by atoms with Gasteiger partial charge in [-0.2, -0.15) is 16.7 Å². The summed E-state index contributed by atoms with van der Waals surface area (Å²) in [6.45, 7) is 4.25. The van der Waals surface area contributed by atoms with Gasteiger partial charge in [0.15, 0.2) is 0 Å². The Morgan fingerprint density at radius 2 is 2.17 bits per heavy atom. The third kappa shape index (κ3) is 3.46. The third-order valence-corrected chi connectivity index (χ3v) is 3.40. The summed E-state index contributed by atoms with van der Waals surface area (Å²) in [6.07, 6.45) is 1.99. The van der Waals surface area contributed by atoms with Crippen molar-refractivity contribution in [3.05, 3.63) is 15.8 Å². The van der Waals surface area contributed by atoms with Crippen molar-refractivity contribution in [3.8, 4) is 0 Å². The van der Waals surface area contributed by atoms with E-state index < -0.39 is 4.92 Å². The summed E-state index contributed by atoms with van der Waals surface area (Å²) >= 11 is 1.68. The minimum absolute atomic E-state index is 0.0673. The lowest BCUT2D eigenvalue weighted by Crippen LogP contribution is -2.16. The van der Waals surface area contributed by atoms with Crippen molar-refractivity contribution in [3.63, 3.8) is 0 Å². The first kappa shape index (κ1) is 14.5. The molecule has 18 heavy (non-hydrogen) atoms. The van der Waals surface area contributed by atoms with Crippen LogP contribution >= 0.6 is 11.8 Å². The molecule has 7 nitrogen and oxygen atoms in total. The predicted octanol–water partition coefficient (Wildman–Crippen LogP) is 1.90. The van der Waals surface area contributed by atoms with Gasteiger partial charge in [0.05, 0.1) is 4.92 Å². The van der Waals surface area contributed by atoms with E-state index >= 15 is 0 Å². The molecule has 0 aliphatic heterocycles. The maximum absolute atomic E-state index is 11.0. The SMILES string of the molecule is CNc1nc(C)c([N+](=O)[O-])c(NCC(C)SC)n1. The lowest BCUT2D eigenvalue weighted by molar-refractivity contribution is -0.385. The van der Waals surface area contributed by atoms with Gasteiger partial charge in [0.25, 0.3) is 0 Å². The molecule has 100 valence electrons. The number of nitrogens with zero attached hydrogens (tertiary/aromatic N) is 3. The van der Waals surface area contributed by atoms with Gasteiger partial charge in [-0.1, -0.05) is 6.92 Å². The first-order valence-electron chi connectivity index (χ1n) is 5.47. The molecular formula is C10H17N5O2S. The van der Waals surface area contributed by atoms with E-state index in [1.807, 2.05) is 13.2 Å². The van der Waals surface area contributed by atoms with Crippen LogP contribution in [0.5, 0.6) is 0 Å². The number of anilines is 2. The first-order valence-corrected chi connectivity index (χ1v) is 6.75. The summed E-state index contributed by atoms with van der Waals surface area (Å²) in [5.41, 5.74) is 0.279. The quantitative estimate of drug-likeness (QED) is 0.603. The highest BCUT2D eigenvalue weighted by atomic mass is 32.2. The second kappa shape index (κ2) is 6.39. The van der Waals surface area contributed by atoms with Crippen molar-refractivity contribution in [1.29, 1.82) is 0 Å². The van der Waals surface area contributed by atoms with Crippen molar-refractivity contribution in [2.24, 2.45) is 0 Å². The van der Waals surface area contributed by atoms with Gasteiger partial charge in [0.1, 0.15) is 5.69 Å². The van der Waals surface area contributed by atoms with E-state index in [4.69, 9.17) is 0 Å². The summed E-state index contributed by atoms with van der Waals surface area (Å²) < 4.78 is 0. The number of aromatic nitrogens is 2. The van der Waals surface area contributed by atoms with E-state index in [1.54, 1.807) is 25.7 Å². The van der Waals surface area contributed by atoms with Crippen LogP contribution in [0.1, 0.15) is 12.6 Å². The number of nitro groups is 1. The van der Waals surface area contributed by atoms with Crippen LogP contribution in [0, 0.1) is 17.0 Å². The molecule has 1 rings (SSSR count). The summed E-state index contributed by atoms with van der Waals surface area (Å²) in [7, 11) is 1.68. The second-order valence-corrected chi connectivity index (χ2v) is 5.04. The lowest BCUT2D eigenvalue weighted by atomic mass is 10.3. The van der Waals surface area contributed by atoms with Gasteiger partial charge in [-0.25, -0.2) is 4.98 Å². The van der Waals surface area contributed by atoms with Crippen molar-refractivity contribution in [2.75, 3.05) is 30.5 Å². The van der Waals surface area contributed by atoms with Crippen molar-refractivity contribution in [1.82, 2.24) is 9.97 Å². The summed E-state index contributed by atoms with van der Waals surface area (Å²) in [5.74, 6) is 0.634. The average molecular weight is 271 g/mol. The zero-order chi connectivity index (χ0) is 13.7. The highest BCUT2D eigenvalue weighted by molar-refractivity contribution is 7.99. The number of rotatable bonds is 6. The van der Waals surface area contributed by atoms with Gasteiger partial charge in [-0.15, -0.1) is 0 Å². The van der Waals surface area contributed by atoms with E-state index in [9.17, 15) is 10.1 Å². The number of nitrogens with one attached hydrogen (secondary N) is 2. The van der Waals surface area contributed by atoms with E-state index in [1.165, 1.54) is 0 Å². The van der Waals surface area contributed by atoms with Gasteiger partial charge >= 0.3 is 5.69 Å². The maximum Gasteiger partial charge on any atom is 0.332 e. The number of thioether (sulfide) groups is 1. The largest absolute Gasteiger partial charge is 0.363 e.